The Morgan fingerprint density at radius 1 is 0.545 bits per heavy atom. The fraction of sp³-hybridized carbons (Fsp3) is 0.552. The number of phenols is 1. The molecule has 9 fully saturated rings. The number of aryl methyl sites for hydroxylation is 2. The molecule has 576 valence electrons. The van der Waals surface area contributed by atoms with E-state index < -0.39 is 62.3 Å². The highest BCUT2D eigenvalue weighted by atomic mass is 35.5. The average molecular weight is 1510 g/mol. The third-order valence-electron chi connectivity index (χ3n) is 28.3. The first-order valence-electron chi connectivity index (χ1n) is 39.9. The summed E-state index contributed by atoms with van der Waals surface area (Å²) in [5.41, 5.74) is 4.73. The second-order valence-electron chi connectivity index (χ2n) is 35.6. The van der Waals surface area contributed by atoms with Crippen molar-refractivity contribution in [3.8, 4) is 45.8 Å². The molecule has 12 atom stereocenters. The molecule has 9 aliphatic carbocycles. The predicted molar refractivity (Wildman–Crippen MR) is 405 cm³/mol. The third-order valence-corrected chi connectivity index (χ3v) is 28.3. The smallest absolute Gasteiger partial charge is 0.307 e. The van der Waals surface area contributed by atoms with Crippen LogP contribution in [0.4, 0.5) is 0 Å². The van der Waals surface area contributed by atoms with Crippen molar-refractivity contribution in [1.29, 1.82) is 0 Å². The molecule has 3 saturated heterocycles. The number of nitrogens with zero attached hydrogens (tertiary/aromatic N) is 8. The molecule has 6 bridgehead atoms. The van der Waals surface area contributed by atoms with Crippen LogP contribution in [0.1, 0.15) is 187 Å². The number of hydrogen-bond donors (Lipinski definition) is 3. The molecule has 6 aliphatic heterocycles. The van der Waals surface area contributed by atoms with Crippen LogP contribution in [0.15, 0.2) is 111 Å². The van der Waals surface area contributed by atoms with Gasteiger partial charge in [0, 0.05) is 78.8 Å². The second kappa shape index (κ2) is 26.3. The molecule has 2 aromatic heterocycles. The van der Waals surface area contributed by atoms with Crippen LogP contribution in [-0.2, 0) is 75.2 Å². The summed E-state index contributed by atoms with van der Waals surface area (Å²) in [6.45, 7) is 17.3. The first-order chi connectivity index (χ1) is 52.4. The summed E-state index contributed by atoms with van der Waals surface area (Å²) in [5, 5.41) is 42.4. The molecule has 0 radical (unpaired) electrons. The van der Waals surface area contributed by atoms with Crippen LogP contribution in [0.2, 0.25) is 0 Å². The van der Waals surface area contributed by atoms with Gasteiger partial charge in [0.2, 0.25) is 23.6 Å². The van der Waals surface area contributed by atoms with Gasteiger partial charge in [0.15, 0.2) is 47.2 Å². The number of aliphatic hydroxyl groups is 2. The number of hydrogen-bond acceptors (Lipinski definition) is 22. The number of aromatic hydroxyl groups is 1. The number of carbonyl (C=O) groups is 4. The molecule has 110 heavy (non-hydrogen) atoms. The van der Waals surface area contributed by atoms with Gasteiger partial charge >= 0.3 is 5.97 Å². The minimum Gasteiger partial charge on any atom is -0.504 e. The minimum atomic E-state index is -0.940. The summed E-state index contributed by atoms with van der Waals surface area (Å²) >= 11 is 0. The van der Waals surface area contributed by atoms with Gasteiger partial charge in [-0.2, -0.15) is 15.0 Å². The monoisotopic (exact) mass is 1510 g/mol. The lowest BCUT2D eigenvalue weighted by Gasteiger charge is -2.63. The highest BCUT2D eigenvalue weighted by molar-refractivity contribution is 5.92. The van der Waals surface area contributed by atoms with Crippen LogP contribution in [-0.4, -0.2) is 172 Å². The Labute approximate surface area is 645 Å². The number of phenolic OH excluding ortho intramolecular Hbond substituents is 1. The highest BCUT2D eigenvalue weighted by Crippen LogP contribution is 2.69. The van der Waals surface area contributed by atoms with E-state index in [1.807, 2.05) is 87.5 Å². The number of ether oxygens (including phenoxy) is 4. The van der Waals surface area contributed by atoms with E-state index >= 15 is 0 Å². The van der Waals surface area contributed by atoms with Gasteiger partial charge in [0.25, 0.3) is 5.89 Å². The van der Waals surface area contributed by atoms with Gasteiger partial charge in [-0.25, -0.2) is 4.79 Å². The van der Waals surface area contributed by atoms with E-state index in [9.17, 15) is 39.3 Å². The molecule has 23 heteroatoms. The Hall–Kier alpha value is -8.47. The number of ketones is 3. The largest absolute Gasteiger partial charge is 0.504 e. The third kappa shape index (κ3) is 11.0. The van der Waals surface area contributed by atoms with Gasteiger partial charge in [-0.15, -0.1) is 12.4 Å². The number of aliphatic imine (C=N–C) groups is 1. The summed E-state index contributed by atoms with van der Waals surface area (Å²) in [7, 11) is 0. The van der Waals surface area contributed by atoms with Gasteiger partial charge in [-0.3, -0.25) is 33.9 Å². The molecule has 3 spiro atoms. The lowest BCUT2D eigenvalue weighted by atomic mass is 9.48. The maximum absolute atomic E-state index is 14.1. The standard InChI is InChI=1S/C34H37N3O5.C21H25NO3.C20H23NO4.C12H11N3O2.ClH/c1-20-9-12-23-17-25-34(41-26(39)18-32(2,3)31-35-30(36-42-31)22-7-5-4-6-8-22)14-13-24(38)29-33(34,27(23)28(20)40-29)15-16-37(25)19-21-10-11-21;1-12-2-5-14-10-16-21(24)7-6-15(23)19-20(21,17(14)18(12)25-19)8-9-22(16)11-13-3-4-13;22-13-4-3-12-9-15-20(24)6-5-14(23)18-19(20,16(12)17(13)25-18)7-8-21(15)10-11-1-2-11;1-12(2,13-8-16)11-14-10(15-17-11)9-6-4-3-5-7-9;/h4-9,12,21,25,29H,10-11,13-19H2,1-3H3;2,5,13,16,19,24H,3-4,6-11H2,1H3;3-4,11,15,18,22,24H,1-2,5-10H2;3-7H,1-2H3;1H/t25-,29?,33+,34-;16-,19?,20+,21-;15-,18?,19+,20-;;/m111../s1. The number of carbonyl (C=O) groups excluding carboxylic acids is 5. The van der Waals surface area contributed by atoms with Crippen molar-refractivity contribution in [2.24, 2.45) is 22.7 Å². The number of piperidine rings is 3. The topological polar surface area (TPSA) is 283 Å². The quantitative estimate of drug-likeness (QED) is 0.0518. The summed E-state index contributed by atoms with van der Waals surface area (Å²) in [4.78, 5) is 83.6. The molecule has 6 saturated carbocycles. The maximum Gasteiger partial charge on any atom is 0.307 e. The number of Topliss-reactive ketones (excluding diaryl/α,β-unsaturated/α-hetero) is 3. The number of aromatic nitrogens is 4. The van der Waals surface area contributed by atoms with E-state index in [4.69, 9.17) is 28.0 Å². The van der Waals surface area contributed by atoms with Gasteiger partial charge in [0.05, 0.1) is 45.3 Å². The minimum absolute atomic E-state index is 0. The zero-order valence-corrected chi connectivity index (χ0v) is 64.2. The van der Waals surface area contributed by atoms with Gasteiger partial charge in [-0.1, -0.05) is 115 Å². The maximum atomic E-state index is 14.1. The van der Waals surface area contributed by atoms with Crippen molar-refractivity contribution in [3.05, 3.63) is 153 Å². The Morgan fingerprint density at radius 2 is 0.955 bits per heavy atom. The molecule has 15 aliphatic rings. The SMILES string of the molecule is CC(C)(N=C=O)c1nc(-c2ccccc2)no1.Cc1ccc2c3c1OC1C(=O)CC[C@@]4(O)[C@@H](C2)N(CC2CC2)CC[C@]314.Cc1ccc2c3c1OC1C(=O)CC[C@@]4(OC(=O)CC(C)(C)c5nc(-c6ccccc6)no5)[C@@H](C2)N(CC2CC2)CC[C@]314.Cl.O=C1CC[C@@]2(O)[C@H]3Cc4ccc(O)c5c4[C@@]2(CCN3CC2CC2)C1O5. The van der Waals surface area contributed by atoms with Crippen molar-refractivity contribution >= 4 is 41.8 Å². The Balaban J connectivity index is 0.000000108. The van der Waals surface area contributed by atoms with E-state index in [0.717, 1.165) is 140 Å². The van der Waals surface area contributed by atoms with Gasteiger partial charge in [0.1, 0.15) is 22.6 Å². The van der Waals surface area contributed by atoms with E-state index in [1.165, 1.54) is 61.3 Å². The second-order valence-corrected chi connectivity index (χ2v) is 35.6. The molecule has 3 N–H and O–H groups in total. The number of esters is 1. The van der Waals surface area contributed by atoms with Crippen molar-refractivity contribution < 1.29 is 67.3 Å². The van der Waals surface area contributed by atoms with Crippen molar-refractivity contribution in [3.63, 3.8) is 0 Å². The first kappa shape index (κ1) is 73.0. The van der Waals surface area contributed by atoms with Crippen LogP contribution < -0.4 is 14.2 Å². The van der Waals surface area contributed by atoms with Gasteiger partial charge in [-0.05, 0) is 195 Å². The molecule has 8 heterocycles. The zero-order chi connectivity index (χ0) is 75.1. The van der Waals surface area contributed by atoms with Crippen molar-refractivity contribution in [2.45, 2.75) is 244 Å². The number of halogens is 1. The molecule has 22 nitrogen and oxygen atoms in total. The summed E-state index contributed by atoms with van der Waals surface area (Å²) in [5.74, 6) is 6.32. The molecule has 0 amide bonds. The zero-order valence-electron chi connectivity index (χ0n) is 63.4. The lowest BCUT2D eigenvalue weighted by Crippen LogP contribution is -2.77. The number of likely N-dealkylation sites (tertiary alicyclic amines) is 3. The Bertz CT molecular complexity index is 4800. The molecule has 22 rings (SSSR count). The summed E-state index contributed by atoms with van der Waals surface area (Å²) < 4.78 is 36.6. The Morgan fingerprint density at radius 3 is 1.45 bits per heavy atom. The van der Waals surface area contributed by atoms with Crippen LogP contribution in [0.25, 0.3) is 22.8 Å². The van der Waals surface area contributed by atoms with Crippen molar-refractivity contribution in [2.75, 3.05) is 39.3 Å². The first-order valence-corrected chi connectivity index (χ1v) is 39.9. The van der Waals surface area contributed by atoms with Gasteiger partial charge < -0.3 is 43.3 Å². The van der Waals surface area contributed by atoms with E-state index in [2.05, 4.69) is 71.2 Å². The predicted octanol–water partition coefficient (Wildman–Crippen LogP) is 11.5. The lowest BCUT2D eigenvalue weighted by molar-refractivity contribution is -0.217. The van der Waals surface area contributed by atoms with Crippen LogP contribution >= 0.6 is 12.4 Å². The molecule has 3 unspecified atom stereocenters. The summed E-state index contributed by atoms with van der Waals surface area (Å²) in [6, 6.07) is 31.6. The normalized spacial score (nSPS) is 31.8. The van der Waals surface area contributed by atoms with Crippen LogP contribution in [0.3, 0.4) is 0 Å². The van der Waals surface area contributed by atoms with E-state index in [-0.39, 0.29) is 66.0 Å². The van der Waals surface area contributed by atoms with Crippen molar-refractivity contribution in [1.82, 2.24) is 35.0 Å². The molecule has 5 aromatic carbocycles. The number of rotatable bonds is 14. The summed E-state index contributed by atoms with van der Waals surface area (Å²) in [6.07, 6.45) is 15.2. The average Bonchev–Trinajstić information content (AvgIpc) is 1.46. The fourth-order valence-electron chi connectivity index (χ4n) is 22.5. The highest BCUT2D eigenvalue weighted by Gasteiger charge is 2.77. The van der Waals surface area contributed by atoms with E-state index in [0.29, 0.717) is 73.6 Å². The molecular formula is C87H97ClN8O14. The van der Waals surface area contributed by atoms with E-state index in [1.54, 1.807) is 19.9 Å². The van der Waals surface area contributed by atoms with Crippen LogP contribution in [0.5, 0.6) is 23.0 Å². The van der Waals surface area contributed by atoms with Crippen LogP contribution in [0, 0.1) is 31.6 Å². The molecular weight excluding hydrogens is 1420 g/mol. The molecule has 7 aromatic rings. The number of isocyanates is 1. The Kier molecular flexibility index (Phi) is 17.5. The fourth-order valence-corrected chi connectivity index (χ4v) is 22.5. The number of benzene rings is 5.